The van der Waals surface area contributed by atoms with E-state index in [9.17, 15) is 4.79 Å². The van der Waals surface area contributed by atoms with E-state index in [2.05, 4.69) is 18.7 Å². The fraction of sp³-hybridized carbons (Fsp3) is 0.611. The second-order valence-electron chi connectivity index (χ2n) is 6.28. The maximum Gasteiger partial charge on any atom is 0.164 e. The molecule has 0 atom stereocenters. The highest BCUT2D eigenvalue weighted by molar-refractivity contribution is 5.96. The van der Waals surface area contributed by atoms with Gasteiger partial charge in [-0.1, -0.05) is 37.6 Å². The van der Waals surface area contributed by atoms with Gasteiger partial charge >= 0.3 is 0 Å². The largest absolute Gasteiger partial charge is 0.302 e. The fourth-order valence-corrected chi connectivity index (χ4v) is 3.27. The lowest BCUT2D eigenvalue weighted by molar-refractivity contribution is 0.0965. The summed E-state index contributed by atoms with van der Waals surface area (Å²) in [5.41, 5.74) is 2.53. The number of Topliss-reactive ketones (excluding diaryl/α,β-unsaturated/α-hetero) is 1. The summed E-state index contributed by atoms with van der Waals surface area (Å²) >= 11 is 0. The number of hydrogen-bond acceptors (Lipinski definition) is 2. The second-order valence-corrected chi connectivity index (χ2v) is 6.28. The van der Waals surface area contributed by atoms with Gasteiger partial charge in [0, 0.05) is 25.1 Å². The van der Waals surface area contributed by atoms with Crippen LogP contribution < -0.4 is 0 Å². The molecule has 0 bridgehead atoms. The molecule has 2 nitrogen and oxygen atoms in total. The summed E-state index contributed by atoms with van der Waals surface area (Å²) in [5.74, 6) is 0.277. The van der Waals surface area contributed by atoms with Gasteiger partial charge in [0.05, 0.1) is 0 Å². The average molecular weight is 273 g/mol. The lowest BCUT2D eigenvalue weighted by Crippen LogP contribution is -2.28. The number of carbonyl (C=O) groups excluding carboxylic acids is 1. The third-order valence-corrected chi connectivity index (χ3v) is 5.01. The van der Waals surface area contributed by atoms with Gasteiger partial charge in [-0.2, -0.15) is 0 Å². The topological polar surface area (TPSA) is 20.3 Å². The number of nitrogens with zero attached hydrogens (tertiary/aromatic N) is 1. The lowest BCUT2D eigenvalue weighted by Gasteiger charge is -2.26. The first-order valence-corrected chi connectivity index (χ1v) is 7.91. The number of rotatable bonds is 6. The van der Waals surface area contributed by atoms with Crippen molar-refractivity contribution in [3.63, 3.8) is 0 Å². The molecule has 1 heterocycles. The summed E-state index contributed by atoms with van der Waals surface area (Å²) in [5, 5.41) is 0. The first-order chi connectivity index (χ1) is 9.58. The lowest BCUT2D eigenvalue weighted by atomic mass is 9.82. The number of hydrogen-bond donors (Lipinski definition) is 0. The fourth-order valence-electron chi connectivity index (χ4n) is 3.27. The highest BCUT2D eigenvalue weighted by atomic mass is 16.1. The summed E-state index contributed by atoms with van der Waals surface area (Å²) in [7, 11) is 0. The van der Waals surface area contributed by atoms with Crippen molar-refractivity contribution in [1.82, 2.24) is 4.90 Å². The molecule has 0 N–H and O–H groups in total. The van der Waals surface area contributed by atoms with Crippen molar-refractivity contribution in [3.8, 4) is 0 Å². The second kappa shape index (κ2) is 6.53. The molecule has 0 aromatic heterocycles. The molecule has 1 aromatic rings. The SMILES string of the molecule is CCC1(CC)CCN(CCC(=O)c2cccc(C)c2)C1. The van der Waals surface area contributed by atoms with Crippen molar-refractivity contribution in [2.75, 3.05) is 19.6 Å². The molecule has 20 heavy (non-hydrogen) atoms. The summed E-state index contributed by atoms with van der Waals surface area (Å²) in [4.78, 5) is 14.7. The maximum atomic E-state index is 12.2. The average Bonchev–Trinajstić information content (AvgIpc) is 2.89. The molecule has 1 fully saturated rings. The highest BCUT2D eigenvalue weighted by Crippen LogP contribution is 2.36. The molecule has 0 aliphatic carbocycles. The Morgan fingerprint density at radius 2 is 2.05 bits per heavy atom. The van der Waals surface area contributed by atoms with Crippen molar-refractivity contribution in [2.24, 2.45) is 5.41 Å². The van der Waals surface area contributed by atoms with Crippen molar-refractivity contribution >= 4 is 5.78 Å². The molecule has 0 saturated carbocycles. The van der Waals surface area contributed by atoms with Gasteiger partial charge in [0.25, 0.3) is 0 Å². The van der Waals surface area contributed by atoms with E-state index < -0.39 is 0 Å². The molecule has 1 aromatic carbocycles. The Bertz CT molecular complexity index is 462. The Balaban J connectivity index is 1.86. The van der Waals surface area contributed by atoms with E-state index in [-0.39, 0.29) is 5.78 Å². The van der Waals surface area contributed by atoms with E-state index >= 15 is 0 Å². The summed E-state index contributed by atoms with van der Waals surface area (Å²) < 4.78 is 0. The third-order valence-electron chi connectivity index (χ3n) is 5.01. The first-order valence-electron chi connectivity index (χ1n) is 7.91. The smallest absolute Gasteiger partial charge is 0.164 e. The summed E-state index contributed by atoms with van der Waals surface area (Å²) in [6.07, 6.45) is 4.45. The standard InChI is InChI=1S/C18H27NO/c1-4-18(5-2)10-12-19(14-18)11-9-17(20)16-8-6-7-15(3)13-16/h6-8,13H,4-5,9-12,14H2,1-3H3. The van der Waals surface area contributed by atoms with Gasteiger partial charge in [-0.05, 0) is 44.2 Å². The minimum atomic E-state index is 0.277. The van der Waals surface area contributed by atoms with E-state index in [0.717, 1.165) is 24.2 Å². The zero-order chi connectivity index (χ0) is 14.6. The Hall–Kier alpha value is -1.15. The van der Waals surface area contributed by atoms with Crippen molar-refractivity contribution in [1.29, 1.82) is 0 Å². The van der Waals surface area contributed by atoms with E-state index in [1.807, 2.05) is 31.2 Å². The number of aryl methyl sites for hydroxylation is 1. The van der Waals surface area contributed by atoms with Crippen LogP contribution in [0.25, 0.3) is 0 Å². The van der Waals surface area contributed by atoms with Gasteiger partial charge in [0.1, 0.15) is 0 Å². The van der Waals surface area contributed by atoms with Crippen LogP contribution in [0.5, 0.6) is 0 Å². The number of carbonyl (C=O) groups is 1. The zero-order valence-corrected chi connectivity index (χ0v) is 13.1. The van der Waals surface area contributed by atoms with Crippen LogP contribution in [0, 0.1) is 12.3 Å². The van der Waals surface area contributed by atoms with Crippen molar-refractivity contribution in [2.45, 2.75) is 46.5 Å². The molecule has 1 saturated heterocycles. The predicted molar refractivity (Wildman–Crippen MR) is 84.2 cm³/mol. The van der Waals surface area contributed by atoms with Gasteiger partial charge in [-0.15, -0.1) is 0 Å². The van der Waals surface area contributed by atoms with Crippen LogP contribution in [-0.4, -0.2) is 30.3 Å². The van der Waals surface area contributed by atoms with Crippen LogP contribution in [0.15, 0.2) is 24.3 Å². The molecular weight excluding hydrogens is 246 g/mol. The molecule has 110 valence electrons. The van der Waals surface area contributed by atoms with E-state index in [1.54, 1.807) is 0 Å². The van der Waals surface area contributed by atoms with Crippen LogP contribution in [0.3, 0.4) is 0 Å². The van der Waals surface area contributed by atoms with Gasteiger partial charge < -0.3 is 4.90 Å². The van der Waals surface area contributed by atoms with Gasteiger partial charge in [-0.3, -0.25) is 4.79 Å². The molecular formula is C18H27NO. The van der Waals surface area contributed by atoms with Crippen LogP contribution in [0.4, 0.5) is 0 Å². The molecule has 0 spiro atoms. The van der Waals surface area contributed by atoms with Crippen LogP contribution in [0.2, 0.25) is 0 Å². The zero-order valence-electron chi connectivity index (χ0n) is 13.1. The van der Waals surface area contributed by atoms with Crippen LogP contribution in [-0.2, 0) is 0 Å². The molecule has 2 rings (SSSR count). The monoisotopic (exact) mass is 273 g/mol. The van der Waals surface area contributed by atoms with Crippen LogP contribution in [0.1, 0.15) is 55.5 Å². The number of likely N-dealkylation sites (tertiary alicyclic amines) is 1. The molecule has 0 radical (unpaired) electrons. The molecule has 1 aliphatic heterocycles. The maximum absolute atomic E-state index is 12.2. The Morgan fingerprint density at radius 3 is 2.65 bits per heavy atom. The molecule has 1 aliphatic rings. The first kappa shape index (κ1) is 15.2. The summed E-state index contributed by atoms with van der Waals surface area (Å²) in [6.45, 7) is 9.86. The highest BCUT2D eigenvalue weighted by Gasteiger charge is 2.34. The minimum absolute atomic E-state index is 0.277. The van der Waals surface area contributed by atoms with E-state index in [0.29, 0.717) is 11.8 Å². The van der Waals surface area contributed by atoms with Crippen molar-refractivity contribution < 1.29 is 4.79 Å². The molecule has 0 unspecified atom stereocenters. The predicted octanol–water partition coefficient (Wildman–Crippen LogP) is 4.08. The number of benzene rings is 1. The van der Waals surface area contributed by atoms with Gasteiger partial charge in [0.15, 0.2) is 5.78 Å². The molecule has 0 amide bonds. The summed E-state index contributed by atoms with van der Waals surface area (Å²) in [6, 6.07) is 7.93. The molecule has 2 heteroatoms. The number of ketones is 1. The normalized spacial score (nSPS) is 18.4. The Kier molecular flexibility index (Phi) is 4.98. The van der Waals surface area contributed by atoms with Gasteiger partial charge in [-0.25, -0.2) is 0 Å². The Labute approximate surface area is 123 Å². The minimum Gasteiger partial charge on any atom is -0.302 e. The Morgan fingerprint density at radius 1 is 1.30 bits per heavy atom. The van der Waals surface area contributed by atoms with E-state index in [4.69, 9.17) is 0 Å². The quantitative estimate of drug-likeness (QED) is 0.728. The van der Waals surface area contributed by atoms with Crippen molar-refractivity contribution in [3.05, 3.63) is 35.4 Å². The van der Waals surface area contributed by atoms with Crippen LogP contribution >= 0.6 is 0 Å². The van der Waals surface area contributed by atoms with E-state index in [1.165, 1.54) is 25.8 Å². The van der Waals surface area contributed by atoms with Gasteiger partial charge in [0.2, 0.25) is 0 Å². The third kappa shape index (κ3) is 3.49.